The molecule has 0 aromatic heterocycles. The molecule has 1 saturated heterocycles. The fourth-order valence-electron chi connectivity index (χ4n) is 7.14. The van der Waals surface area contributed by atoms with E-state index in [9.17, 15) is 24.9 Å². The van der Waals surface area contributed by atoms with Gasteiger partial charge >= 0.3 is 255 Å². The van der Waals surface area contributed by atoms with E-state index in [0.717, 1.165) is 30.1 Å². The number of hydrogen-bond acceptors (Lipinski definition) is 8. The van der Waals surface area contributed by atoms with Gasteiger partial charge in [0.2, 0.25) is 0 Å². The number of ether oxygens (including phenoxy) is 1. The Morgan fingerprint density at radius 1 is 1.17 bits per heavy atom. The van der Waals surface area contributed by atoms with Gasteiger partial charge in [-0.3, -0.25) is 0 Å². The predicted octanol–water partition coefficient (Wildman–Crippen LogP) is 1.61. The molecule has 0 amide bonds. The third-order valence-corrected chi connectivity index (χ3v) is 12.6. The van der Waals surface area contributed by atoms with E-state index >= 15 is 0 Å². The first kappa shape index (κ1) is 36.7. The van der Waals surface area contributed by atoms with Gasteiger partial charge in [0.1, 0.15) is 0 Å². The van der Waals surface area contributed by atoms with Crippen molar-refractivity contribution in [2.75, 3.05) is 11.0 Å². The first-order chi connectivity index (χ1) is 18.8. The topological polar surface area (TPSA) is 139 Å². The summed E-state index contributed by atoms with van der Waals surface area (Å²) in [6.45, 7) is 20.1. The van der Waals surface area contributed by atoms with Crippen LogP contribution in [0, 0.1) is 39.4 Å². The van der Waals surface area contributed by atoms with E-state index < -0.39 is 45.9 Å². The molecule has 242 valence electrons. The summed E-state index contributed by atoms with van der Waals surface area (Å²) in [7, 11) is 0. The maximum absolute atomic E-state index is 12.4. The van der Waals surface area contributed by atoms with Crippen LogP contribution in [0.1, 0.15) is 114 Å². The molecule has 0 aromatic carbocycles. The van der Waals surface area contributed by atoms with E-state index in [0.29, 0.717) is 30.7 Å². The normalized spacial score (nSPS) is 28.5. The van der Waals surface area contributed by atoms with Crippen LogP contribution >= 0.6 is 0 Å². The van der Waals surface area contributed by atoms with E-state index in [4.69, 9.17) is 13.5 Å². The Labute approximate surface area is 259 Å². The number of esters is 1. The summed E-state index contributed by atoms with van der Waals surface area (Å²) in [4.78, 5) is 24.3. The number of aliphatic hydroxyl groups excluding tert-OH is 3. The summed E-state index contributed by atoms with van der Waals surface area (Å²) in [5.41, 5.74) is 5.26. The number of halogens is 1. The number of aliphatic hydroxyl groups is 3. The molecule has 8 nitrogen and oxygen atoms in total. The SMILES string of the molecule is C[C@H](CC[I-]OC(=O)C[C@H](O)C[C@H](O)C(C)(C)C1CC1(C)[C@H](C)CCN)C(C)(C)CC(C)(C)[C@@H]1C[C@@H](O)CC(=O)O1. The summed E-state index contributed by atoms with van der Waals surface area (Å²) >= 11 is -0.793. The van der Waals surface area contributed by atoms with Gasteiger partial charge in [0, 0.05) is 0 Å². The predicted molar refractivity (Wildman–Crippen MR) is 156 cm³/mol. The zero-order chi connectivity index (χ0) is 31.4. The summed E-state index contributed by atoms with van der Waals surface area (Å²) in [5.74, 6) is 0.471. The van der Waals surface area contributed by atoms with Gasteiger partial charge in [-0.05, 0) is 0 Å². The Balaban J connectivity index is 1.73. The van der Waals surface area contributed by atoms with Gasteiger partial charge in [-0.2, -0.15) is 0 Å². The van der Waals surface area contributed by atoms with Crippen LogP contribution in [-0.2, 0) is 17.4 Å². The van der Waals surface area contributed by atoms with Crippen molar-refractivity contribution >= 4 is 11.9 Å². The quantitative estimate of drug-likeness (QED) is 0.0780. The van der Waals surface area contributed by atoms with Gasteiger partial charge in [-0.1, -0.05) is 0 Å². The van der Waals surface area contributed by atoms with Crippen LogP contribution in [0.4, 0.5) is 0 Å². The van der Waals surface area contributed by atoms with Gasteiger partial charge in [0.15, 0.2) is 0 Å². The molecule has 1 heterocycles. The molecular weight excluding hydrogens is 637 g/mol. The van der Waals surface area contributed by atoms with Crippen molar-refractivity contribution in [2.45, 2.75) is 138 Å². The number of nitrogens with two attached hydrogens (primary N) is 1. The Kier molecular flexibility index (Phi) is 13.0. The van der Waals surface area contributed by atoms with Crippen LogP contribution in [0.5, 0.6) is 0 Å². The van der Waals surface area contributed by atoms with Crippen LogP contribution < -0.4 is 27.4 Å². The molecule has 2 aliphatic rings. The fraction of sp³-hybridized carbons (Fsp3) is 0.938. The molecule has 41 heavy (non-hydrogen) atoms. The molecule has 1 aliphatic heterocycles. The second-order valence-electron chi connectivity index (χ2n) is 15.3. The molecule has 0 spiro atoms. The van der Waals surface area contributed by atoms with E-state index in [1.54, 1.807) is 0 Å². The number of carbonyl (C=O) groups is 2. The van der Waals surface area contributed by atoms with Crippen molar-refractivity contribution in [3.05, 3.63) is 0 Å². The third-order valence-electron chi connectivity index (χ3n) is 10.7. The minimum atomic E-state index is -0.931. The zero-order valence-electron chi connectivity index (χ0n) is 27.0. The Morgan fingerprint density at radius 2 is 1.80 bits per heavy atom. The fourth-order valence-corrected chi connectivity index (χ4v) is 9.07. The summed E-state index contributed by atoms with van der Waals surface area (Å²) in [5, 5.41) is 31.6. The monoisotopic (exact) mass is 696 g/mol. The average Bonchev–Trinajstić information content (AvgIpc) is 3.54. The summed E-state index contributed by atoms with van der Waals surface area (Å²) in [6, 6.07) is 0. The number of hydrogen-bond donors (Lipinski definition) is 4. The standard InChI is InChI=1S/C32H59INO7/c1-20(29(3,4)19-30(5,6)26-15-23(36)16-27(38)40-26)10-12-33-41-28(39)17-22(35)14-25(37)31(7,8)24-18-32(24,9)21(2)11-13-34/h20-26,35-37H,10-19,34H2,1-9H3/q-1/t20-,21-,22-,23-,24?,25+,26+,32?/m1/s1. The van der Waals surface area contributed by atoms with Crippen LogP contribution in [0.15, 0.2) is 0 Å². The molecule has 0 aromatic rings. The number of carbonyl (C=O) groups excluding carboxylic acids is 2. The minimum absolute atomic E-state index is 0.0368. The third kappa shape index (κ3) is 10.0. The first-order valence-corrected chi connectivity index (χ1v) is 17.9. The van der Waals surface area contributed by atoms with Crippen LogP contribution in [0.2, 0.25) is 0 Å². The molecule has 1 aliphatic carbocycles. The van der Waals surface area contributed by atoms with Crippen molar-refractivity contribution in [3.63, 3.8) is 0 Å². The molecule has 2 unspecified atom stereocenters. The molecule has 2 rings (SSSR count). The van der Waals surface area contributed by atoms with Crippen molar-refractivity contribution in [1.82, 2.24) is 0 Å². The molecular formula is C32H59INO7-. The summed E-state index contributed by atoms with van der Waals surface area (Å²) < 4.78 is 12.0. The zero-order valence-corrected chi connectivity index (χ0v) is 29.2. The molecule has 8 atom stereocenters. The molecule has 2 fully saturated rings. The number of cyclic esters (lactones) is 1. The molecule has 5 N–H and O–H groups in total. The van der Waals surface area contributed by atoms with Crippen LogP contribution in [-0.4, -0.2) is 62.6 Å². The van der Waals surface area contributed by atoms with Gasteiger partial charge < -0.3 is 5.73 Å². The average molecular weight is 697 g/mol. The van der Waals surface area contributed by atoms with E-state index in [-0.39, 0.29) is 53.0 Å². The van der Waals surface area contributed by atoms with Crippen molar-refractivity contribution < 1.29 is 54.3 Å². The molecule has 0 bridgehead atoms. The maximum atomic E-state index is 12.4. The van der Waals surface area contributed by atoms with Crippen LogP contribution in [0.3, 0.4) is 0 Å². The Morgan fingerprint density at radius 3 is 2.39 bits per heavy atom. The Bertz CT molecular complexity index is 878. The van der Waals surface area contributed by atoms with Gasteiger partial charge in [-0.25, -0.2) is 0 Å². The number of alkyl halides is 1. The van der Waals surface area contributed by atoms with Gasteiger partial charge in [0.05, 0.1) is 0 Å². The number of rotatable bonds is 17. The van der Waals surface area contributed by atoms with Crippen molar-refractivity contribution in [2.24, 2.45) is 45.1 Å². The van der Waals surface area contributed by atoms with E-state index in [1.165, 1.54) is 0 Å². The van der Waals surface area contributed by atoms with Crippen LogP contribution in [0.25, 0.3) is 0 Å². The van der Waals surface area contributed by atoms with Gasteiger partial charge in [-0.15, -0.1) is 0 Å². The van der Waals surface area contributed by atoms with Crippen molar-refractivity contribution in [1.29, 1.82) is 0 Å². The first-order valence-electron chi connectivity index (χ1n) is 15.5. The molecule has 0 radical (unpaired) electrons. The molecule has 9 heteroatoms. The van der Waals surface area contributed by atoms with E-state index in [2.05, 4.69) is 62.3 Å². The molecule has 1 saturated carbocycles. The summed E-state index contributed by atoms with van der Waals surface area (Å²) in [6.07, 6.45) is 1.78. The second kappa shape index (κ2) is 14.5. The van der Waals surface area contributed by atoms with Crippen molar-refractivity contribution in [3.8, 4) is 0 Å². The Hall–Kier alpha value is -0.490. The van der Waals surface area contributed by atoms with Gasteiger partial charge in [0.25, 0.3) is 0 Å². The second-order valence-corrected chi connectivity index (χ2v) is 17.5. The van der Waals surface area contributed by atoms with E-state index in [1.807, 2.05) is 0 Å².